The van der Waals surface area contributed by atoms with E-state index < -0.39 is 0 Å². The van der Waals surface area contributed by atoms with Gasteiger partial charge in [-0.3, -0.25) is 0 Å². The summed E-state index contributed by atoms with van der Waals surface area (Å²) >= 11 is 2.04. The number of aromatic nitrogens is 2. The zero-order chi connectivity index (χ0) is 13.0. The van der Waals surface area contributed by atoms with E-state index in [1.54, 1.807) is 0 Å². The van der Waals surface area contributed by atoms with Gasteiger partial charge in [-0.05, 0) is 25.5 Å². The van der Waals surface area contributed by atoms with E-state index in [0.717, 1.165) is 30.2 Å². The van der Waals surface area contributed by atoms with Crippen molar-refractivity contribution in [1.29, 1.82) is 0 Å². The lowest BCUT2D eigenvalue weighted by Gasteiger charge is -2.15. The van der Waals surface area contributed by atoms with Crippen LogP contribution in [0.5, 0.6) is 0 Å². The third-order valence-electron chi connectivity index (χ3n) is 3.17. The number of hydrazine groups is 1. The average Bonchev–Trinajstić information content (AvgIpc) is 2.90. The highest BCUT2D eigenvalue weighted by atomic mass is 32.2. The van der Waals surface area contributed by atoms with Crippen molar-refractivity contribution in [3.05, 3.63) is 11.4 Å². The maximum atomic E-state index is 5.49. The van der Waals surface area contributed by atoms with Gasteiger partial charge in [-0.15, -0.1) is 0 Å². The Hall–Kier alpha value is -1.01. The molecule has 100 valence electrons. The molecule has 1 aromatic rings. The molecule has 0 aliphatic carbocycles. The van der Waals surface area contributed by atoms with Gasteiger partial charge >= 0.3 is 0 Å². The molecule has 1 atom stereocenters. The summed E-state index contributed by atoms with van der Waals surface area (Å²) < 4.78 is 0. The molecule has 5 nitrogen and oxygen atoms in total. The Morgan fingerprint density at radius 3 is 2.78 bits per heavy atom. The number of nitrogens with two attached hydrogens (primary N) is 1. The van der Waals surface area contributed by atoms with Crippen LogP contribution in [0.15, 0.2) is 0 Å². The molecule has 1 aromatic heterocycles. The van der Waals surface area contributed by atoms with Crippen molar-refractivity contribution < 1.29 is 0 Å². The van der Waals surface area contributed by atoms with Crippen LogP contribution in [-0.2, 0) is 6.42 Å². The van der Waals surface area contributed by atoms with Gasteiger partial charge in [0.05, 0.1) is 0 Å². The van der Waals surface area contributed by atoms with Gasteiger partial charge in [0.25, 0.3) is 0 Å². The van der Waals surface area contributed by atoms with Gasteiger partial charge in [-0.25, -0.2) is 15.8 Å². The predicted octanol–water partition coefficient (Wildman–Crippen LogP) is 1.94. The smallest absolute Gasteiger partial charge is 0.148 e. The third-order valence-corrected chi connectivity index (χ3v) is 4.56. The van der Waals surface area contributed by atoms with Gasteiger partial charge in [-0.2, -0.15) is 11.8 Å². The first-order valence-electron chi connectivity index (χ1n) is 6.44. The monoisotopic (exact) mass is 267 g/mol. The highest BCUT2D eigenvalue weighted by Gasteiger charge is 2.16. The number of aryl methyl sites for hydroxylation is 1. The summed E-state index contributed by atoms with van der Waals surface area (Å²) in [6.45, 7) is 5.00. The van der Waals surface area contributed by atoms with E-state index >= 15 is 0 Å². The predicted molar refractivity (Wildman–Crippen MR) is 77.9 cm³/mol. The highest BCUT2D eigenvalue weighted by Crippen LogP contribution is 2.27. The molecule has 1 aliphatic rings. The van der Waals surface area contributed by atoms with Crippen molar-refractivity contribution in [2.45, 2.75) is 38.4 Å². The summed E-state index contributed by atoms with van der Waals surface area (Å²) in [4.78, 5) is 8.89. The first-order valence-corrected chi connectivity index (χ1v) is 7.49. The second kappa shape index (κ2) is 6.24. The molecular weight excluding hydrogens is 246 g/mol. The van der Waals surface area contributed by atoms with Crippen LogP contribution >= 0.6 is 11.8 Å². The van der Waals surface area contributed by atoms with E-state index in [4.69, 9.17) is 5.84 Å². The molecule has 6 heteroatoms. The van der Waals surface area contributed by atoms with Crippen LogP contribution in [0.2, 0.25) is 0 Å². The van der Waals surface area contributed by atoms with Gasteiger partial charge in [0.15, 0.2) is 0 Å². The average molecular weight is 267 g/mol. The quantitative estimate of drug-likeness (QED) is 0.559. The second-order valence-corrected chi connectivity index (χ2v) is 5.88. The largest absolute Gasteiger partial charge is 0.369 e. The van der Waals surface area contributed by atoms with Crippen LogP contribution in [0, 0.1) is 6.92 Å². The van der Waals surface area contributed by atoms with E-state index in [1.165, 1.54) is 18.6 Å². The lowest BCUT2D eigenvalue weighted by molar-refractivity contribution is 0.800. The Balaban J connectivity index is 2.09. The molecule has 0 spiro atoms. The van der Waals surface area contributed by atoms with Crippen LogP contribution < -0.4 is 16.6 Å². The summed E-state index contributed by atoms with van der Waals surface area (Å²) in [6, 6.07) is 0. The summed E-state index contributed by atoms with van der Waals surface area (Å²) in [5, 5.41) is 4.14. The number of hydrogen-bond acceptors (Lipinski definition) is 6. The number of thioether (sulfide) groups is 1. The fourth-order valence-corrected chi connectivity index (χ4v) is 3.25. The van der Waals surface area contributed by atoms with Gasteiger partial charge < -0.3 is 10.7 Å². The first-order chi connectivity index (χ1) is 8.74. The summed E-state index contributed by atoms with van der Waals surface area (Å²) in [5.41, 5.74) is 3.63. The molecule has 4 N–H and O–H groups in total. The van der Waals surface area contributed by atoms with Gasteiger partial charge in [0.1, 0.15) is 17.5 Å². The normalized spacial score (nSPS) is 18.9. The first kappa shape index (κ1) is 13.4. The minimum atomic E-state index is 0.707. The molecule has 2 heterocycles. The molecule has 0 amide bonds. The lowest BCUT2D eigenvalue weighted by atomic mass is 10.2. The van der Waals surface area contributed by atoms with Crippen molar-refractivity contribution in [3.63, 3.8) is 0 Å². The third kappa shape index (κ3) is 3.05. The molecule has 1 unspecified atom stereocenters. The van der Waals surface area contributed by atoms with Crippen LogP contribution in [0.25, 0.3) is 0 Å². The van der Waals surface area contributed by atoms with Gasteiger partial charge in [-0.1, -0.05) is 6.92 Å². The molecule has 1 aliphatic heterocycles. The van der Waals surface area contributed by atoms with E-state index in [0.29, 0.717) is 11.1 Å². The van der Waals surface area contributed by atoms with Crippen LogP contribution in [0.1, 0.15) is 31.2 Å². The summed E-state index contributed by atoms with van der Waals surface area (Å²) in [7, 11) is 0. The number of nitrogens with one attached hydrogen (secondary N) is 2. The zero-order valence-electron chi connectivity index (χ0n) is 11.0. The zero-order valence-corrected chi connectivity index (χ0v) is 11.8. The highest BCUT2D eigenvalue weighted by molar-refractivity contribution is 8.00. The van der Waals surface area contributed by atoms with E-state index in [1.807, 2.05) is 25.6 Å². The fraction of sp³-hybridized carbons (Fsp3) is 0.667. The Labute approximate surface area is 112 Å². The Morgan fingerprint density at radius 1 is 1.39 bits per heavy atom. The lowest BCUT2D eigenvalue weighted by Crippen LogP contribution is -2.18. The van der Waals surface area contributed by atoms with Crippen molar-refractivity contribution in [3.8, 4) is 0 Å². The molecular formula is C12H21N5S. The molecule has 1 saturated heterocycles. The van der Waals surface area contributed by atoms with Crippen molar-refractivity contribution >= 4 is 23.4 Å². The van der Waals surface area contributed by atoms with E-state index in [-0.39, 0.29) is 0 Å². The van der Waals surface area contributed by atoms with E-state index in [9.17, 15) is 0 Å². The molecule has 0 aromatic carbocycles. The molecule has 0 bridgehead atoms. The number of nitrogens with zero attached hydrogens (tertiary/aromatic N) is 2. The van der Waals surface area contributed by atoms with Crippen molar-refractivity contribution in [2.75, 3.05) is 23.0 Å². The Bertz CT molecular complexity index is 404. The maximum Gasteiger partial charge on any atom is 0.148 e. The van der Waals surface area contributed by atoms with Crippen LogP contribution in [0.3, 0.4) is 0 Å². The van der Waals surface area contributed by atoms with Crippen LogP contribution in [-0.4, -0.2) is 27.5 Å². The summed E-state index contributed by atoms with van der Waals surface area (Å²) in [5.74, 6) is 9.20. The van der Waals surface area contributed by atoms with Gasteiger partial charge in [0.2, 0.25) is 0 Å². The SMILES string of the molecule is CCc1nc(NN)c(C)c(NCC2CCCS2)n1. The number of hydrogen-bond donors (Lipinski definition) is 3. The number of rotatable bonds is 5. The second-order valence-electron chi connectivity index (χ2n) is 4.48. The maximum absolute atomic E-state index is 5.49. The number of anilines is 2. The van der Waals surface area contributed by atoms with Crippen molar-refractivity contribution in [2.24, 2.45) is 5.84 Å². The van der Waals surface area contributed by atoms with Crippen molar-refractivity contribution in [1.82, 2.24) is 9.97 Å². The minimum absolute atomic E-state index is 0.707. The molecule has 0 saturated carbocycles. The molecule has 1 fully saturated rings. The number of nitrogen functional groups attached to an aromatic ring is 1. The van der Waals surface area contributed by atoms with Crippen LogP contribution in [0.4, 0.5) is 11.6 Å². The standard InChI is InChI=1S/C12H21N5S/c1-3-10-15-11(8(2)12(16-10)17-13)14-7-9-5-4-6-18-9/h9H,3-7,13H2,1-2H3,(H2,14,15,16,17). The molecule has 18 heavy (non-hydrogen) atoms. The Morgan fingerprint density at radius 2 is 2.17 bits per heavy atom. The van der Waals surface area contributed by atoms with E-state index in [2.05, 4.69) is 20.7 Å². The Kier molecular flexibility index (Phi) is 4.66. The molecule has 0 radical (unpaired) electrons. The fourth-order valence-electron chi connectivity index (χ4n) is 2.05. The van der Waals surface area contributed by atoms with Gasteiger partial charge in [0, 0.05) is 23.8 Å². The minimum Gasteiger partial charge on any atom is -0.369 e. The molecule has 2 rings (SSSR count). The summed E-state index contributed by atoms with van der Waals surface area (Å²) in [6.07, 6.45) is 3.43. The topological polar surface area (TPSA) is 75.9 Å².